The molecule has 0 aromatic carbocycles. The molecule has 0 spiro atoms. The fourth-order valence-corrected chi connectivity index (χ4v) is 0.998. The van der Waals surface area contributed by atoms with Crippen LogP contribution in [0.5, 0.6) is 0 Å². The Hall–Kier alpha value is -0.570. The van der Waals surface area contributed by atoms with Gasteiger partial charge >= 0.3 is 0 Å². The van der Waals surface area contributed by atoms with Crippen LogP contribution < -0.4 is 5.32 Å². The van der Waals surface area contributed by atoms with E-state index in [-0.39, 0.29) is 5.91 Å². The lowest BCUT2D eigenvalue weighted by atomic mass is 10.2. The predicted molar refractivity (Wildman–Crippen MR) is 55.7 cm³/mol. The molecule has 3 nitrogen and oxygen atoms in total. The molecule has 0 aliphatic carbocycles. The lowest BCUT2D eigenvalue weighted by Crippen LogP contribution is -2.28. The second-order valence-corrected chi connectivity index (χ2v) is 3.62. The number of carbonyl (C=O) groups excluding carboxylic acids is 1. The summed E-state index contributed by atoms with van der Waals surface area (Å²) in [6.07, 6.45) is 1.59. The maximum Gasteiger partial charge on any atom is 0.222 e. The van der Waals surface area contributed by atoms with Gasteiger partial charge in [0.1, 0.15) is 0 Å². The average molecular weight is 186 g/mol. The van der Waals surface area contributed by atoms with Gasteiger partial charge in [-0.1, -0.05) is 13.8 Å². The number of hydrogen-bond acceptors (Lipinski definition) is 2. The monoisotopic (exact) mass is 186 g/mol. The first-order valence-electron chi connectivity index (χ1n) is 5.05. The van der Waals surface area contributed by atoms with E-state index >= 15 is 0 Å². The minimum atomic E-state index is 0.244. The van der Waals surface area contributed by atoms with E-state index in [4.69, 9.17) is 0 Å². The zero-order valence-corrected chi connectivity index (χ0v) is 9.26. The normalized spacial score (nSPS) is 10.5. The summed E-state index contributed by atoms with van der Waals surface area (Å²) < 4.78 is 0. The molecule has 0 radical (unpaired) electrons. The van der Waals surface area contributed by atoms with Gasteiger partial charge in [-0.25, -0.2) is 0 Å². The van der Waals surface area contributed by atoms with Crippen LogP contribution >= 0.6 is 0 Å². The van der Waals surface area contributed by atoms with E-state index in [9.17, 15) is 4.79 Å². The third-order valence-electron chi connectivity index (χ3n) is 2.02. The second kappa shape index (κ2) is 6.89. The molecule has 13 heavy (non-hydrogen) atoms. The highest BCUT2D eigenvalue weighted by molar-refractivity contribution is 5.75. The topological polar surface area (TPSA) is 32.3 Å². The molecule has 0 saturated heterocycles. The molecule has 1 amide bonds. The van der Waals surface area contributed by atoms with Crippen LogP contribution in [0.25, 0.3) is 0 Å². The van der Waals surface area contributed by atoms with Gasteiger partial charge in [0.05, 0.1) is 0 Å². The molecule has 0 aromatic heterocycles. The Labute approximate surface area is 81.5 Å². The largest absolute Gasteiger partial charge is 0.346 e. The summed E-state index contributed by atoms with van der Waals surface area (Å²) in [4.78, 5) is 13.1. The van der Waals surface area contributed by atoms with Crippen LogP contribution in [0.3, 0.4) is 0 Å². The summed E-state index contributed by atoms with van der Waals surface area (Å²) in [7, 11) is 1.85. The molecule has 0 bridgehead atoms. The Balaban J connectivity index is 3.37. The number of rotatable bonds is 6. The third kappa shape index (κ3) is 6.58. The molecule has 0 atom stereocenters. The van der Waals surface area contributed by atoms with Gasteiger partial charge in [0, 0.05) is 26.1 Å². The van der Waals surface area contributed by atoms with Gasteiger partial charge in [0.25, 0.3) is 0 Å². The van der Waals surface area contributed by atoms with E-state index in [0.717, 1.165) is 19.5 Å². The molecule has 0 rings (SSSR count). The number of hydrogen-bond donors (Lipinski definition) is 1. The van der Waals surface area contributed by atoms with Crippen molar-refractivity contribution in [1.82, 2.24) is 10.2 Å². The van der Waals surface area contributed by atoms with Gasteiger partial charge in [0.15, 0.2) is 0 Å². The van der Waals surface area contributed by atoms with Gasteiger partial charge < -0.3 is 10.2 Å². The molecule has 78 valence electrons. The first kappa shape index (κ1) is 12.4. The van der Waals surface area contributed by atoms with Crippen molar-refractivity contribution < 1.29 is 4.79 Å². The maximum absolute atomic E-state index is 11.3. The fourth-order valence-electron chi connectivity index (χ4n) is 0.998. The lowest BCUT2D eigenvalue weighted by molar-refractivity contribution is -0.129. The highest BCUT2D eigenvalue weighted by atomic mass is 16.2. The Morgan fingerprint density at radius 2 is 2.08 bits per heavy atom. The Morgan fingerprint density at radius 3 is 2.54 bits per heavy atom. The van der Waals surface area contributed by atoms with Crippen LogP contribution in [0.15, 0.2) is 0 Å². The van der Waals surface area contributed by atoms with Crippen molar-refractivity contribution in [1.29, 1.82) is 0 Å². The van der Waals surface area contributed by atoms with Crippen LogP contribution in [0.1, 0.15) is 33.6 Å². The van der Waals surface area contributed by atoms with Crippen molar-refractivity contribution in [2.24, 2.45) is 0 Å². The Kier molecular flexibility index (Phi) is 6.59. The Morgan fingerprint density at radius 1 is 1.46 bits per heavy atom. The quantitative estimate of drug-likeness (QED) is 0.633. The van der Waals surface area contributed by atoms with Crippen molar-refractivity contribution in [3.8, 4) is 0 Å². The van der Waals surface area contributed by atoms with Crippen molar-refractivity contribution in [2.75, 3.05) is 20.1 Å². The summed E-state index contributed by atoms with van der Waals surface area (Å²) >= 11 is 0. The summed E-state index contributed by atoms with van der Waals surface area (Å²) in [5.74, 6) is 0.244. The van der Waals surface area contributed by atoms with E-state index in [1.807, 2.05) is 14.0 Å². The minimum Gasteiger partial charge on any atom is -0.346 e. The predicted octanol–water partition coefficient (Wildman–Crippen LogP) is 1.24. The number of nitrogens with one attached hydrogen (secondary N) is 1. The maximum atomic E-state index is 11.3. The summed E-state index contributed by atoms with van der Waals surface area (Å²) in [5.41, 5.74) is 0. The second-order valence-electron chi connectivity index (χ2n) is 3.62. The summed E-state index contributed by atoms with van der Waals surface area (Å²) in [6.45, 7) is 7.95. The highest BCUT2D eigenvalue weighted by Gasteiger charge is 2.05. The van der Waals surface area contributed by atoms with E-state index < -0.39 is 0 Å². The number of carbonyl (C=O) groups is 1. The van der Waals surface area contributed by atoms with Crippen LogP contribution in [0.4, 0.5) is 0 Å². The molecule has 1 N–H and O–H groups in total. The molecule has 0 saturated carbocycles. The minimum absolute atomic E-state index is 0.244. The van der Waals surface area contributed by atoms with Crippen LogP contribution in [-0.4, -0.2) is 37.0 Å². The number of amides is 1. The van der Waals surface area contributed by atoms with Crippen LogP contribution in [-0.2, 0) is 4.79 Å². The molecule has 0 aromatic rings. The molecule has 3 heteroatoms. The molecular formula is C10H22N2O. The van der Waals surface area contributed by atoms with Crippen LogP contribution in [0, 0.1) is 0 Å². The number of nitrogens with zero attached hydrogens (tertiary/aromatic N) is 1. The van der Waals surface area contributed by atoms with Crippen molar-refractivity contribution in [2.45, 2.75) is 39.7 Å². The molecule has 0 heterocycles. The van der Waals surface area contributed by atoms with Gasteiger partial charge in [-0.05, 0) is 19.9 Å². The molecule has 0 unspecified atom stereocenters. The smallest absolute Gasteiger partial charge is 0.222 e. The third-order valence-corrected chi connectivity index (χ3v) is 2.02. The lowest BCUT2D eigenvalue weighted by Gasteiger charge is -2.14. The summed E-state index contributed by atoms with van der Waals surface area (Å²) in [6, 6.07) is 0.513. The van der Waals surface area contributed by atoms with Crippen molar-refractivity contribution in [3.63, 3.8) is 0 Å². The van der Waals surface area contributed by atoms with Gasteiger partial charge in [-0.15, -0.1) is 0 Å². The van der Waals surface area contributed by atoms with E-state index in [1.54, 1.807) is 4.90 Å². The first-order valence-corrected chi connectivity index (χ1v) is 5.05. The van der Waals surface area contributed by atoms with Gasteiger partial charge in [-0.2, -0.15) is 0 Å². The van der Waals surface area contributed by atoms with Gasteiger partial charge in [0.2, 0.25) is 5.91 Å². The average Bonchev–Trinajstić information content (AvgIpc) is 2.10. The Bertz CT molecular complexity index is 146. The standard InChI is InChI=1S/C10H22N2O/c1-5-12(4)10(13)7-6-8-11-9(2)3/h9,11H,5-8H2,1-4H3. The van der Waals surface area contributed by atoms with E-state index in [2.05, 4.69) is 19.2 Å². The van der Waals surface area contributed by atoms with Crippen LogP contribution in [0.2, 0.25) is 0 Å². The molecule has 0 aliphatic rings. The van der Waals surface area contributed by atoms with Crippen molar-refractivity contribution in [3.05, 3.63) is 0 Å². The molecule has 0 fully saturated rings. The van der Waals surface area contributed by atoms with E-state index in [1.165, 1.54) is 0 Å². The first-order chi connectivity index (χ1) is 6.07. The zero-order valence-electron chi connectivity index (χ0n) is 9.26. The molecular weight excluding hydrogens is 164 g/mol. The highest BCUT2D eigenvalue weighted by Crippen LogP contribution is 1.94. The van der Waals surface area contributed by atoms with Crippen molar-refractivity contribution >= 4 is 5.91 Å². The van der Waals surface area contributed by atoms with E-state index in [0.29, 0.717) is 12.5 Å². The molecule has 0 aliphatic heterocycles. The zero-order chi connectivity index (χ0) is 10.3. The SMILES string of the molecule is CCN(C)C(=O)CCCNC(C)C. The fraction of sp³-hybridized carbons (Fsp3) is 0.900. The summed E-state index contributed by atoms with van der Waals surface area (Å²) in [5, 5.41) is 3.29. The van der Waals surface area contributed by atoms with Gasteiger partial charge in [-0.3, -0.25) is 4.79 Å².